The summed E-state index contributed by atoms with van der Waals surface area (Å²) in [6.07, 6.45) is 5.97. The van der Waals surface area contributed by atoms with Gasteiger partial charge in [0.05, 0.1) is 12.7 Å². The molecule has 3 heterocycles. The molecule has 110 valence electrons. The third kappa shape index (κ3) is 3.69. The molecular weight excluding hydrogens is 238 g/mol. The van der Waals surface area contributed by atoms with Crippen LogP contribution in [0, 0.1) is 5.92 Å². The Morgan fingerprint density at radius 1 is 1.16 bits per heavy atom. The average Bonchev–Trinajstić information content (AvgIpc) is 2.93. The second-order valence-electron chi connectivity index (χ2n) is 6.62. The number of likely N-dealkylation sites (N-methyl/N-ethyl adjacent to an activating group) is 1. The number of ether oxygens (including phenoxy) is 1. The van der Waals surface area contributed by atoms with Crippen molar-refractivity contribution in [3.8, 4) is 0 Å². The second kappa shape index (κ2) is 6.53. The molecule has 0 radical (unpaired) electrons. The number of morpholine rings is 1. The van der Waals surface area contributed by atoms with E-state index in [9.17, 15) is 0 Å². The van der Waals surface area contributed by atoms with Crippen LogP contribution in [0.15, 0.2) is 0 Å². The fourth-order valence-corrected chi connectivity index (χ4v) is 3.96. The molecule has 19 heavy (non-hydrogen) atoms. The van der Waals surface area contributed by atoms with Crippen molar-refractivity contribution in [3.05, 3.63) is 0 Å². The van der Waals surface area contributed by atoms with Crippen molar-refractivity contribution in [3.63, 3.8) is 0 Å². The largest absolute Gasteiger partial charge is 0.374 e. The predicted molar refractivity (Wildman–Crippen MR) is 77.4 cm³/mol. The molecule has 3 atom stereocenters. The highest BCUT2D eigenvalue weighted by Gasteiger charge is 2.30. The average molecular weight is 267 g/mol. The third-order valence-electron chi connectivity index (χ3n) is 5.01. The Balaban J connectivity index is 1.47. The van der Waals surface area contributed by atoms with Gasteiger partial charge in [0.2, 0.25) is 0 Å². The van der Waals surface area contributed by atoms with Gasteiger partial charge in [-0.05, 0) is 51.7 Å². The molecule has 3 aliphatic heterocycles. The van der Waals surface area contributed by atoms with E-state index >= 15 is 0 Å². The number of nitrogens with one attached hydrogen (secondary N) is 1. The van der Waals surface area contributed by atoms with Gasteiger partial charge >= 0.3 is 0 Å². The van der Waals surface area contributed by atoms with Gasteiger partial charge in [0, 0.05) is 32.2 Å². The maximum absolute atomic E-state index is 5.91. The van der Waals surface area contributed by atoms with Crippen LogP contribution in [0.5, 0.6) is 0 Å². The van der Waals surface area contributed by atoms with Crippen molar-refractivity contribution in [1.82, 2.24) is 15.1 Å². The van der Waals surface area contributed by atoms with Crippen LogP contribution in [0.3, 0.4) is 0 Å². The summed E-state index contributed by atoms with van der Waals surface area (Å²) < 4.78 is 5.91. The number of hydrogen-bond donors (Lipinski definition) is 1. The lowest BCUT2D eigenvalue weighted by Gasteiger charge is -2.39. The minimum absolute atomic E-state index is 0.425. The van der Waals surface area contributed by atoms with E-state index in [2.05, 4.69) is 22.2 Å². The topological polar surface area (TPSA) is 27.7 Å². The van der Waals surface area contributed by atoms with Crippen molar-refractivity contribution < 1.29 is 4.74 Å². The van der Waals surface area contributed by atoms with Gasteiger partial charge in [-0.25, -0.2) is 0 Å². The zero-order valence-electron chi connectivity index (χ0n) is 12.3. The van der Waals surface area contributed by atoms with E-state index in [0.717, 1.165) is 38.2 Å². The molecule has 0 spiro atoms. The van der Waals surface area contributed by atoms with Crippen molar-refractivity contribution in [1.29, 1.82) is 0 Å². The molecule has 3 aliphatic rings. The lowest BCUT2D eigenvalue weighted by atomic mass is 9.89. The van der Waals surface area contributed by atoms with Crippen LogP contribution >= 0.6 is 0 Å². The molecule has 4 heteroatoms. The molecule has 1 N–H and O–H groups in total. The molecule has 0 amide bonds. The summed E-state index contributed by atoms with van der Waals surface area (Å²) in [6.45, 7) is 8.01. The number of piperidine rings is 1. The smallest absolute Gasteiger partial charge is 0.0829 e. The Morgan fingerprint density at radius 2 is 2.11 bits per heavy atom. The first-order chi connectivity index (χ1) is 9.31. The maximum Gasteiger partial charge on any atom is 0.0829 e. The van der Waals surface area contributed by atoms with Gasteiger partial charge in [-0.3, -0.25) is 0 Å². The van der Waals surface area contributed by atoms with Gasteiger partial charge in [-0.2, -0.15) is 0 Å². The summed E-state index contributed by atoms with van der Waals surface area (Å²) >= 11 is 0. The van der Waals surface area contributed by atoms with E-state index in [0.29, 0.717) is 6.10 Å². The molecule has 0 aromatic rings. The molecule has 0 saturated carbocycles. The summed E-state index contributed by atoms with van der Waals surface area (Å²) in [6, 6.07) is 0.790. The first kappa shape index (κ1) is 13.8. The summed E-state index contributed by atoms with van der Waals surface area (Å²) in [5, 5.41) is 3.69. The highest BCUT2D eigenvalue weighted by Crippen LogP contribution is 2.25. The van der Waals surface area contributed by atoms with E-state index in [1.54, 1.807) is 0 Å². The number of nitrogens with zero attached hydrogens (tertiary/aromatic N) is 2. The van der Waals surface area contributed by atoms with Crippen LogP contribution in [0.1, 0.15) is 25.7 Å². The molecule has 0 bridgehead atoms. The zero-order chi connectivity index (χ0) is 13.1. The van der Waals surface area contributed by atoms with E-state index in [-0.39, 0.29) is 0 Å². The van der Waals surface area contributed by atoms with Crippen LogP contribution in [-0.4, -0.2) is 74.9 Å². The summed E-state index contributed by atoms with van der Waals surface area (Å²) in [7, 11) is 2.21. The Morgan fingerprint density at radius 3 is 2.89 bits per heavy atom. The molecule has 3 unspecified atom stereocenters. The minimum Gasteiger partial charge on any atom is -0.374 e. The quantitative estimate of drug-likeness (QED) is 0.818. The monoisotopic (exact) mass is 267 g/mol. The van der Waals surface area contributed by atoms with Crippen molar-refractivity contribution in [2.24, 2.45) is 5.92 Å². The third-order valence-corrected chi connectivity index (χ3v) is 5.01. The van der Waals surface area contributed by atoms with E-state index in [1.807, 2.05) is 0 Å². The molecule has 4 nitrogen and oxygen atoms in total. The van der Waals surface area contributed by atoms with Crippen molar-refractivity contribution in [2.75, 3.05) is 52.9 Å². The highest BCUT2D eigenvalue weighted by atomic mass is 16.5. The van der Waals surface area contributed by atoms with E-state index in [1.165, 1.54) is 45.3 Å². The summed E-state index contributed by atoms with van der Waals surface area (Å²) in [5.41, 5.74) is 0. The zero-order valence-corrected chi connectivity index (χ0v) is 12.3. The SMILES string of the molecule is CN1CCOC(CN2CCCC(C3CCCN3)C2)C1. The molecule has 0 aromatic heterocycles. The fraction of sp³-hybridized carbons (Fsp3) is 1.00. The van der Waals surface area contributed by atoms with Gasteiger partial charge in [0.25, 0.3) is 0 Å². The molecule has 3 rings (SSSR count). The van der Waals surface area contributed by atoms with Crippen LogP contribution < -0.4 is 5.32 Å². The normalized spacial score (nSPS) is 38.7. The lowest BCUT2D eigenvalue weighted by molar-refractivity contribution is -0.0412. The standard InChI is InChI=1S/C15H29N3O/c1-17-8-9-19-14(11-17)12-18-7-3-4-13(10-18)15-5-2-6-16-15/h13-16H,2-12H2,1H3. The van der Waals surface area contributed by atoms with Crippen LogP contribution in [-0.2, 0) is 4.74 Å². The van der Waals surface area contributed by atoms with Gasteiger partial charge in [0.1, 0.15) is 0 Å². The predicted octanol–water partition coefficient (Wildman–Crippen LogP) is 0.781. The van der Waals surface area contributed by atoms with E-state index in [4.69, 9.17) is 4.74 Å². The molecule has 0 aliphatic carbocycles. The van der Waals surface area contributed by atoms with Crippen molar-refractivity contribution in [2.45, 2.75) is 37.8 Å². The van der Waals surface area contributed by atoms with Gasteiger partial charge in [0.15, 0.2) is 0 Å². The van der Waals surface area contributed by atoms with Gasteiger partial charge in [-0.15, -0.1) is 0 Å². The molecule has 0 aromatic carbocycles. The number of rotatable bonds is 3. The highest BCUT2D eigenvalue weighted by molar-refractivity contribution is 4.87. The number of hydrogen-bond acceptors (Lipinski definition) is 4. The lowest BCUT2D eigenvalue weighted by Crippen LogP contribution is -2.50. The Labute approximate surface area is 117 Å². The Kier molecular flexibility index (Phi) is 4.74. The maximum atomic E-state index is 5.91. The second-order valence-corrected chi connectivity index (χ2v) is 6.62. The van der Waals surface area contributed by atoms with Gasteiger partial charge < -0.3 is 19.9 Å². The summed E-state index contributed by atoms with van der Waals surface area (Å²) in [4.78, 5) is 5.05. The van der Waals surface area contributed by atoms with Crippen LogP contribution in [0.25, 0.3) is 0 Å². The Bertz CT molecular complexity index is 279. The summed E-state index contributed by atoms with van der Waals surface area (Å²) in [5.74, 6) is 0.873. The van der Waals surface area contributed by atoms with Crippen LogP contribution in [0.2, 0.25) is 0 Å². The number of likely N-dealkylation sites (tertiary alicyclic amines) is 1. The van der Waals surface area contributed by atoms with Crippen LogP contribution in [0.4, 0.5) is 0 Å². The van der Waals surface area contributed by atoms with Crippen molar-refractivity contribution >= 4 is 0 Å². The first-order valence-electron chi connectivity index (χ1n) is 8.07. The van der Waals surface area contributed by atoms with Gasteiger partial charge in [-0.1, -0.05) is 0 Å². The fourth-order valence-electron chi connectivity index (χ4n) is 3.96. The van der Waals surface area contributed by atoms with E-state index < -0.39 is 0 Å². The molecule has 3 saturated heterocycles. The molecule has 3 fully saturated rings. The Hall–Kier alpha value is -0.160. The minimum atomic E-state index is 0.425. The first-order valence-corrected chi connectivity index (χ1v) is 8.07. The molecular formula is C15H29N3O.